The van der Waals surface area contributed by atoms with Crippen molar-refractivity contribution in [3.63, 3.8) is 0 Å². The van der Waals surface area contributed by atoms with E-state index < -0.39 is 5.97 Å². The van der Waals surface area contributed by atoms with Crippen molar-refractivity contribution in [2.45, 2.75) is 26.3 Å². The Balaban J connectivity index is 1.84. The van der Waals surface area contributed by atoms with Crippen molar-refractivity contribution in [2.24, 2.45) is 5.92 Å². The zero-order chi connectivity index (χ0) is 13.8. The van der Waals surface area contributed by atoms with Gasteiger partial charge in [-0.3, -0.25) is 0 Å². The van der Waals surface area contributed by atoms with Crippen molar-refractivity contribution in [3.8, 4) is 0 Å². The molecule has 0 spiro atoms. The van der Waals surface area contributed by atoms with Gasteiger partial charge in [0, 0.05) is 18.5 Å². The van der Waals surface area contributed by atoms with Crippen LogP contribution in [0.5, 0.6) is 0 Å². The molecule has 2 rings (SSSR count). The number of piperidine rings is 1. The molecule has 1 aromatic rings. The summed E-state index contributed by atoms with van der Waals surface area (Å²) in [6, 6.07) is -0.0985. The van der Waals surface area contributed by atoms with E-state index in [0.29, 0.717) is 10.9 Å². The van der Waals surface area contributed by atoms with Crippen LogP contribution in [-0.4, -0.2) is 40.1 Å². The minimum absolute atomic E-state index is 0.0286. The largest absolute Gasteiger partial charge is 0.476 e. The number of carboxylic acid groups (broad SMARTS) is 1. The van der Waals surface area contributed by atoms with Crippen LogP contribution in [0, 0.1) is 5.92 Å². The average molecular weight is 283 g/mol. The van der Waals surface area contributed by atoms with E-state index >= 15 is 0 Å². The van der Waals surface area contributed by atoms with Gasteiger partial charge in [0.25, 0.3) is 0 Å². The zero-order valence-electron chi connectivity index (χ0n) is 10.8. The first kappa shape index (κ1) is 13.8. The number of likely N-dealkylation sites (tertiary alicyclic amines) is 1. The molecule has 6 nitrogen and oxygen atoms in total. The van der Waals surface area contributed by atoms with E-state index in [0.717, 1.165) is 25.9 Å². The van der Waals surface area contributed by atoms with E-state index in [4.69, 9.17) is 5.11 Å². The van der Waals surface area contributed by atoms with Gasteiger partial charge in [-0.05, 0) is 18.8 Å². The van der Waals surface area contributed by atoms with Gasteiger partial charge in [-0.2, -0.15) is 0 Å². The number of carbonyl (C=O) groups excluding carboxylic acids is 1. The number of aromatic nitrogens is 1. The Kier molecular flexibility index (Phi) is 4.36. The molecule has 1 unspecified atom stereocenters. The summed E-state index contributed by atoms with van der Waals surface area (Å²) in [5, 5.41) is 13.6. The number of hydrogen-bond donors (Lipinski definition) is 2. The second-order valence-corrected chi connectivity index (χ2v) is 5.73. The normalized spacial score (nSPS) is 19.2. The quantitative estimate of drug-likeness (QED) is 0.886. The molecule has 0 aromatic carbocycles. The summed E-state index contributed by atoms with van der Waals surface area (Å²) in [5.74, 6) is -0.503. The zero-order valence-corrected chi connectivity index (χ0v) is 11.6. The fourth-order valence-electron chi connectivity index (χ4n) is 2.13. The van der Waals surface area contributed by atoms with Gasteiger partial charge in [0.15, 0.2) is 5.69 Å². The van der Waals surface area contributed by atoms with Gasteiger partial charge in [0.2, 0.25) is 0 Å². The van der Waals surface area contributed by atoms with E-state index in [1.165, 1.54) is 16.7 Å². The number of nitrogens with one attached hydrogen (secondary N) is 1. The molecule has 2 heterocycles. The highest BCUT2D eigenvalue weighted by atomic mass is 32.1. The molecule has 1 atom stereocenters. The molecule has 2 N–H and O–H groups in total. The van der Waals surface area contributed by atoms with Gasteiger partial charge >= 0.3 is 12.0 Å². The summed E-state index contributed by atoms with van der Waals surface area (Å²) >= 11 is 1.24. The second-order valence-electron chi connectivity index (χ2n) is 4.78. The van der Waals surface area contributed by atoms with E-state index in [-0.39, 0.29) is 18.3 Å². The van der Waals surface area contributed by atoms with E-state index in [2.05, 4.69) is 17.2 Å². The molecule has 1 aliphatic heterocycles. The predicted octanol–water partition coefficient (Wildman–Crippen LogP) is 1.78. The maximum atomic E-state index is 11.9. The molecule has 104 valence electrons. The topological polar surface area (TPSA) is 82.5 Å². The lowest BCUT2D eigenvalue weighted by atomic mass is 10.0. The summed E-state index contributed by atoms with van der Waals surface area (Å²) in [6.45, 7) is 3.99. The maximum absolute atomic E-state index is 11.9. The Morgan fingerprint density at radius 2 is 2.42 bits per heavy atom. The summed E-state index contributed by atoms with van der Waals surface area (Å²) in [4.78, 5) is 28.4. The van der Waals surface area contributed by atoms with Crippen LogP contribution in [0.2, 0.25) is 0 Å². The third-order valence-corrected chi connectivity index (χ3v) is 3.95. The summed E-state index contributed by atoms with van der Waals surface area (Å²) in [7, 11) is 0. The minimum atomic E-state index is -1.04. The Bertz CT molecular complexity index is 475. The molecule has 0 radical (unpaired) electrons. The third kappa shape index (κ3) is 3.66. The smallest absolute Gasteiger partial charge is 0.355 e. The molecule has 0 bridgehead atoms. The highest BCUT2D eigenvalue weighted by molar-refractivity contribution is 7.09. The average Bonchev–Trinajstić information content (AvgIpc) is 2.85. The Morgan fingerprint density at radius 3 is 3.05 bits per heavy atom. The molecule has 1 aromatic heterocycles. The van der Waals surface area contributed by atoms with Crippen molar-refractivity contribution in [1.29, 1.82) is 0 Å². The van der Waals surface area contributed by atoms with Gasteiger partial charge < -0.3 is 15.3 Å². The van der Waals surface area contributed by atoms with E-state index in [1.54, 1.807) is 4.90 Å². The molecule has 0 aliphatic carbocycles. The highest BCUT2D eigenvalue weighted by Gasteiger charge is 2.20. The lowest BCUT2D eigenvalue weighted by molar-refractivity contribution is 0.0691. The standard InChI is InChI=1S/C12H17N3O3S/c1-8-3-2-4-15(6-8)12(18)13-5-10-14-9(7-19-10)11(16)17/h7-8H,2-6H2,1H3,(H,13,18)(H,16,17). The fraction of sp³-hybridized carbons (Fsp3) is 0.583. The van der Waals surface area contributed by atoms with Crippen molar-refractivity contribution >= 4 is 23.3 Å². The highest BCUT2D eigenvalue weighted by Crippen LogP contribution is 2.15. The fourth-order valence-corrected chi connectivity index (χ4v) is 2.83. The van der Waals surface area contributed by atoms with Crippen LogP contribution in [-0.2, 0) is 6.54 Å². The van der Waals surface area contributed by atoms with Crippen LogP contribution in [0.25, 0.3) is 0 Å². The SMILES string of the molecule is CC1CCCN(C(=O)NCc2nc(C(=O)O)cs2)C1. The Morgan fingerprint density at radius 1 is 1.63 bits per heavy atom. The molecule has 1 fully saturated rings. The van der Waals surface area contributed by atoms with Crippen molar-refractivity contribution in [2.75, 3.05) is 13.1 Å². The lowest BCUT2D eigenvalue weighted by Crippen LogP contribution is -2.44. The first-order valence-corrected chi connectivity index (χ1v) is 7.14. The predicted molar refractivity (Wildman–Crippen MR) is 71.3 cm³/mol. The van der Waals surface area contributed by atoms with E-state index in [9.17, 15) is 9.59 Å². The monoisotopic (exact) mass is 283 g/mol. The van der Waals surface area contributed by atoms with Gasteiger partial charge in [0.05, 0.1) is 6.54 Å². The summed E-state index contributed by atoms with van der Waals surface area (Å²) < 4.78 is 0. The summed E-state index contributed by atoms with van der Waals surface area (Å²) in [5.41, 5.74) is 0.0286. The number of hydrogen-bond acceptors (Lipinski definition) is 4. The molecular weight excluding hydrogens is 266 g/mol. The number of thiazole rings is 1. The van der Waals surface area contributed by atoms with Gasteiger partial charge in [-0.1, -0.05) is 6.92 Å². The van der Waals surface area contributed by atoms with Crippen LogP contribution >= 0.6 is 11.3 Å². The molecule has 7 heteroatoms. The van der Waals surface area contributed by atoms with Gasteiger partial charge in [0.1, 0.15) is 5.01 Å². The Labute approximate surface area is 115 Å². The maximum Gasteiger partial charge on any atom is 0.355 e. The van der Waals surface area contributed by atoms with Crippen LogP contribution in [0.3, 0.4) is 0 Å². The number of amides is 2. The molecule has 0 saturated carbocycles. The van der Waals surface area contributed by atoms with Crippen LogP contribution in [0.4, 0.5) is 4.79 Å². The number of rotatable bonds is 3. The van der Waals surface area contributed by atoms with Crippen molar-refractivity contribution < 1.29 is 14.7 Å². The lowest BCUT2D eigenvalue weighted by Gasteiger charge is -2.30. The molecule has 19 heavy (non-hydrogen) atoms. The molecular formula is C12H17N3O3S. The van der Waals surface area contributed by atoms with Crippen LogP contribution < -0.4 is 5.32 Å². The molecule has 1 aliphatic rings. The number of urea groups is 1. The first-order chi connectivity index (χ1) is 9.06. The first-order valence-electron chi connectivity index (χ1n) is 6.26. The number of carbonyl (C=O) groups is 2. The van der Waals surface area contributed by atoms with Crippen LogP contribution in [0.1, 0.15) is 35.3 Å². The second kappa shape index (κ2) is 6.01. The summed E-state index contributed by atoms with van der Waals surface area (Å²) in [6.07, 6.45) is 2.20. The Hall–Kier alpha value is -1.63. The van der Waals surface area contributed by atoms with Crippen LogP contribution in [0.15, 0.2) is 5.38 Å². The van der Waals surface area contributed by atoms with Gasteiger partial charge in [-0.25, -0.2) is 14.6 Å². The molecule has 2 amide bonds. The minimum Gasteiger partial charge on any atom is -0.476 e. The number of aromatic carboxylic acids is 1. The van der Waals surface area contributed by atoms with Gasteiger partial charge in [-0.15, -0.1) is 11.3 Å². The molecule has 1 saturated heterocycles. The number of carboxylic acids is 1. The number of nitrogens with zero attached hydrogens (tertiary/aromatic N) is 2. The van der Waals surface area contributed by atoms with Crippen molar-refractivity contribution in [1.82, 2.24) is 15.2 Å². The van der Waals surface area contributed by atoms with E-state index in [1.807, 2.05) is 0 Å². The van der Waals surface area contributed by atoms with Crippen molar-refractivity contribution in [3.05, 3.63) is 16.1 Å². The third-order valence-electron chi connectivity index (χ3n) is 3.11.